The second-order valence-electron chi connectivity index (χ2n) is 7.87. The Morgan fingerprint density at radius 2 is 1.76 bits per heavy atom. The fourth-order valence-electron chi connectivity index (χ4n) is 2.98. The van der Waals surface area contributed by atoms with Crippen molar-refractivity contribution in [2.24, 2.45) is 0 Å². The van der Waals surface area contributed by atoms with Crippen LogP contribution in [0.15, 0.2) is 24.3 Å². The molecule has 1 heterocycles. The summed E-state index contributed by atoms with van der Waals surface area (Å²) in [7, 11) is 0. The van der Waals surface area contributed by atoms with Crippen LogP contribution in [0.5, 0.6) is 0 Å². The number of thioether (sulfide) groups is 1. The summed E-state index contributed by atoms with van der Waals surface area (Å²) in [6.45, 7) is 7.80. The van der Waals surface area contributed by atoms with Gasteiger partial charge < -0.3 is 20.9 Å². The summed E-state index contributed by atoms with van der Waals surface area (Å²) in [4.78, 5) is 50.5. The number of likely N-dealkylation sites (tertiary alicyclic amines) is 1. The molecule has 0 aliphatic carbocycles. The van der Waals surface area contributed by atoms with Crippen molar-refractivity contribution in [1.82, 2.24) is 15.5 Å². The maximum Gasteiger partial charge on any atom is 0.246 e. The van der Waals surface area contributed by atoms with Crippen LogP contribution in [0.1, 0.15) is 52.5 Å². The summed E-state index contributed by atoms with van der Waals surface area (Å²) in [5, 5.41) is 7.60. The van der Waals surface area contributed by atoms with Crippen molar-refractivity contribution in [3.8, 4) is 0 Å². The maximum atomic E-state index is 12.2. The van der Waals surface area contributed by atoms with Crippen LogP contribution in [0.3, 0.4) is 0 Å². The summed E-state index contributed by atoms with van der Waals surface area (Å²) in [6.07, 6.45) is 4.57. The first-order valence-corrected chi connectivity index (χ1v) is 13.2. The van der Waals surface area contributed by atoms with Crippen LogP contribution in [0.25, 0.3) is 0 Å². The predicted molar refractivity (Wildman–Crippen MR) is 142 cm³/mol. The van der Waals surface area contributed by atoms with Crippen LogP contribution in [-0.2, 0) is 25.6 Å². The van der Waals surface area contributed by atoms with E-state index in [4.69, 9.17) is 12.2 Å². The average Bonchev–Trinajstić information content (AvgIpc) is 3.09. The number of rotatable bonds is 10. The Morgan fingerprint density at radius 1 is 1.15 bits per heavy atom. The van der Waals surface area contributed by atoms with Crippen molar-refractivity contribution >= 4 is 58.3 Å². The second-order valence-corrected chi connectivity index (χ2v) is 9.39. The monoisotopic (exact) mass is 508 g/mol. The summed E-state index contributed by atoms with van der Waals surface area (Å²) in [6, 6.07) is 6.71. The topological polar surface area (TPSA) is 108 Å². The van der Waals surface area contributed by atoms with Gasteiger partial charge in [0, 0.05) is 25.1 Å². The Hall–Kier alpha value is -2.46. The molecule has 2 atom stereocenters. The number of amides is 4. The standard InChI is InChI=1S/C21H28N4O4S2.C3H8/c1-4-14-5-7-15(8-6-14)24-20(28)13(2)23-18(27)12-22-17(26)9-10-25-19(30)11-16(31-3)21(25)29;1-3-2/h5-8,13,16H,4,9-12H2,1-3H3,(H,22,26)(H,23,27)(H,24,28);3H2,1-2H3. The zero-order valence-electron chi connectivity index (χ0n) is 20.6. The molecule has 188 valence electrons. The fraction of sp³-hybridized carbons (Fsp3) is 0.542. The lowest BCUT2D eigenvalue weighted by molar-refractivity contribution is -0.128. The minimum Gasteiger partial charge on any atom is -0.347 e. The third kappa shape index (κ3) is 9.80. The number of aryl methyl sites for hydroxylation is 1. The molecule has 1 fully saturated rings. The fourth-order valence-corrected chi connectivity index (χ4v) is 4.09. The number of carbonyl (C=O) groups is 4. The van der Waals surface area contributed by atoms with E-state index >= 15 is 0 Å². The quantitative estimate of drug-likeness (QED) is 0.420. The molecule has 0 saturated carbocycles. The molecule has 10 heteroatoms. The summed E-state index contributed by atoms with van der Waals surface area (Å²) in [5.41, 5.74) is 1.81. The van der Waals surface area contributed by atoms with Gasteiger partial charge in [-0.05, 0) is 37.3 Å². The second kappa shape index (κ2) is 15.4. The highest BCUT2D eigenvalue weighted by Gasteiger charge is 2.35. The van der Waals surface area contributed by atoms with Crippen LogP contribution < -0.4 is 16.0 Å². The van der Waals surface area contributed by atoms with E-state index in [9.17, 15) is 19.2 Å². The van der Waals surface area contributed by atoms with E-state index < -0.39 is 11.9 Å². The molecule has 1 aliphatic heterocycles. The molecular formula is C24H36N4O4S2. The molecular weight excluding hydrogens is 472 g/mol. The molecule has 1 saturated heterocycles. The lowest BCUT2D eigenvalue weighted by Crippen LogP contribution is -2.46. The molecule has 3 N–H and O–H groups in total. The third-order valence-electron chi connectivity index (χ3n) is 4.90. The van der Waals surface area contributed by atoms with E-state index in [-0.39, 0.29) is 42.5 Å². The van der Waals surface area contributed by atoms with Crippen molar-refractivity contribution in [2.75, 3.05) is 24.7 Å². The molecule has 0 spiro atoms. The van der Waals surface area contributed by atoms with Crippen LogP contribution in [-0.4, -0.2) is 64.2 Å². The molecule has 2 rings (SSSR count). The van der Waals surface area contributed by atoms with Crippen molar-refractivity contribution in [2.45, 2.75) is 64.7 Å². The van der Waals surface area contributed by atoms with Gasteiger partial charge in [0.1, 0.15) is 6.04 Å². The van der Waals surface area contributed by atoms with Crippen molar-refractivity contribution in [1.29, 1.82) is 0 Å². The van der Waals surface area contributed by atoms with E-state index in [2.05, 4.69) is 29.8 Å². The average molecular weight is 509 g/mol. The molecule has 1 aromatic carbocycles. The molecule has 1 aromatic rings. The maximum absolute atomic E-state index is 12.2. The number of nitrogens with zero attached hydrogens (tertiary/aromatic N) is 1. The minimum atomic E-state index is -0.765. The highest BCUT2D eigenvalue weighted by atomic mass is 32.2. The molecule has 34 heavy (non-hydrogen) atoms. The summed E-state index contributed by atoms with van der Waals surface area (Å²) >= 11 is 6.65. The van der Waals surface area contributed by atoms with Crippen LogP contribution in [0, 0.1) is 0 Å². The van der Waals surface area contributed by atoms with E-state index in [0.717, 1.165) is 12.0 Å². The normalized spacial score (nSPS) is 15.8. The van der Waals surface area contributed by atoms with Crippen molar-refractivity contribution < 1.29 is 19.2 Å². The number of carbonyl (C=O) groups excluding carboxylic acids is 4. The Balaban J connectivity index is 0.00000182. The first kappa shape index (κ1) is 29.6. The first-order chi connectivity index (χ1) is 16.2. The number of benzene rings is 1. The smallest absolute Gasteiger partial charge is 0.246 e. The van der Waals surface area contributed by atoms with Gasteiger partial charge in [-0.1, -0.05) is 51.5 Å². The number of hydrogen-bond acceptors (Lipinski definition) is 6. The largest absolute Gasteiger partial charge is 0.347 e. The highest BCUT2D eigenvalue weighted by Crippen LogP contribution is 2.24. The Kier molecular flexibility index (Phi) is 13.4. The molecule has 0 radical (unpaired) electrons. The van der Waals surface area contributed by atoms with E-state index in [1.165, 1.54) is 23.1 Å². The Bertz CT molecular complexity index is 861. The molecule has 1 aliphatic rings. The van der Waals surface area contributed by atoms with Crippen molar-refractivity contribution in [3.63, 3.8) is 0 Å². The molecule has 8 nitrogen and oxygen atoms in total. The minimum absolute atomic E-state index is 0.0457. The SMILES string of the molecule is CCC.CCc1ccc(NC(=O)C(C)NC(=O)CNC(=O)CCN2C(=O)C(SC)CC2=S)cc1. The third-order valence-corrected chi connectivity index (χ3v) is 6.22. The van der Waals surface area contributed by atoms with E-state index in [1.54, 1.807) is 6.92 Å². The van der Waals surface area contributed by atoms with Gasteiger partial charge >= 0.3 is 0 Å². The highest BCUT2D eigenvalue weighted by molar-refractivity contribution is 8.00. The van der Waals surface area contributed by atoms with Gasteiger partial charge in [-0.15, -0.1) is 0 Å². The lowest BCUT2D eigenvalue weighted by atomic mass is 10.1. The molecule has 0 bridgehead atoms. The zero-order chi connectivity index (χ0) is 25.7. The summed E-state index contributed by atoms with van der Waals surface area (Å²) < 4.78 is 0. The van der Waals surface area contributed by atoms with Gasteiger partial charge in [-0.3, -0.25) is 19.2 Å². The molecule has 0 aromatic heterocycles. The van der Waals surface area contributed by atoms with E-state index in [1.807, 2.05) is 37.4 Å². The van der Waals surface area contributed by atoms with Crippen LogP contribution in [0.4, 0.5) is 5.69 Å². The van der Waals surface area contributed by atoms with E-state index in [0.29, 0.717) is 17.1 Å². The zero-order valence-corrected chi connectivity index (χ0v) is 22.2. The molecule has 2 unspecified atom stereocenters. The van der Waals surface area contributed by atoms with Gasteiger partial charge in [0.15, 0.2) is 0 Å². The Morgan fingerprint density at radius 3 is 2.29 bits per heavy atom. The van der Waals surface area contributed by atoms with Crippen LogP contribution in [0.2, 0.25) is 0 Å². The van der Waals surface area contributed by atoms with Crippen molar-refractivity contribution in [3.05, 3.63) is 29.8 Å². The first-order valence-electron chi connectivity index (χ1n) is 11.5. The number of thiocarbonyl (C=S) groups is 1. The summed E-state index contributed by atoms with van der Waals surface area (Å²) in [5.74, 6) is -1.28. The van der Waals surface area contributed by atoms with Gasteiger partial charge in [0.05, 0.1) is 16.8 Å². The van der Waals surface area contributed by atoms with Gasteiger partial charge in [0.2, 0.25) is 23.6 Å². The Labute approximate surface area is 212 Å². The lowest BCUT2D eigenvalue weighted by Gasteiger charge is -2.17. The van der Waals surface area contributed by atoms with Gasteiger partial charge in [-0.2, -0.15) is 11.8 Å². The molecule has 4 amide bonds. The number of anilines is 1. The van der Waals surface area contributed by atoms with Gasteiger partial charge in [0.25, 0.3) is 0 Å². The van der Waals surface area contributed by atoms with Gasteiger partial charge in [-0.25, -0.2) is 0 Å². The predicted octanol–water partition coefficient (Wildman–Crippen LogP) is 2.91. The number of nitrogens with one attached hydrogen (secondary N) is 3. The number of hydrogen-bond donors (Lipinski definition) is 3. The van der Waals surface area contributed by atoms with Crippen LogP contribution >= 0.6 is 24.0 Å².